The summed E-state index contributed by atoms with van der Waals surface area (Å²) >= 11 is 0. The minimum atomic E-state index is -2.94. The van der Waals surface area contributed by atoms with Crippen LogP contribution in [-0.4, -0.2) is 59.4 Å². The summed E-state index contributed by atoms with van der Waals surface area (Å²) in [5.41, 5.74) is 0. The fraction of sp³-hybridized carbons (Fsp3) is 1.00. The summed E-state index contributed by atoms with van der Waals surface area (Å²) in [4.78, 5) is 0. The van der Waals surface area contributed by atoms with E-state index in [1.54, 1.807) is 7.11 Å². The topological polar surface area (TPSA) is 64.6 Å². The van der Waals surface area contributed by atoms with Gasteiger partial charge in [-0.15, -0.1) is 0 Å². The van der Waals surface area contributed by atoms with E-state index in [0.29, 0.717) is 13.2 Å². The van der Waals surface area contributed by atoms with Gasteiger partial charge in [0.1, 0.15) is 0 Å². The predicted octanol–water partition coefficient (Wildman–Crippen LogP) is 0.596. The zero-order chi connectivity index (χ0) is 13.3. The standard InChI is InChI=1S/C12H25NO4S/c1-16-9-7-13-6-2-3-10-18(14,15)11-12-5-4-8-17-12/h12-13H,2-11H2,1H3. The molecule has 0 bridgehead atoms. The van der Waals surface area contributed by atoms with Crippen LogP contribution in [0.4, 0.5) is 0 Å². The van der Waals surface area contributed by atoms with Gasteiger partial charge in [0, 0.05) is 20.3 Å². The van der Waals surface area contributed by atoms with E-state index in [-0.39, 0.29) is 17.6 Å². The molecule has 0 aliphatic carbocycles. The van der Waals surface area contributed by atoms with Crippen molar-refractivity contribution in [3.8, 4) is 0 Å². The molecule has 0 amide bonds. The number of sulfone groups is 1. The van der Waals surface area contributed by atoms with Crippen LogP contribution >= 0.6 is 0 Å². The minimum absolute atomic E-state index is 0.0603. The maximum absolute atomic E-state index is 11.8. The molecule has 1 atom stereocenters. The largest absolute Gasteiger partial charge is 0.383 e. The van der Waals surface area contributed by atoms with E-state index in [0.717, 1.165) is 38.8 Å². The Labute approximate surface area is 110 Å². The first-order chi connectivity index (χ1) is 8.64. The molecule has 5 nitrogen and oxygen atoms in total. The van der Waals surface area contributed by atoms with E-state index in [4.69, 9.17) is 9.47 Å². The molecule has 1 saturated heterocycles. The molecule has 1 fully saturated rings. The Balaban J connectivity index is 2.02. The van der Waals surface area contributed by atoms with Crippen LogP contribution in [0, 0.1) is 0 Å². The molecule has 1 aliphatic heterocycles. The fourth-order valence-electron chi connectivity index (χ4n) is 2.01. The molecule has 1 heterocycles. The smallest absolute Gasteiger partial charge is 0.152 e. The molecule has 0 aromatic carbocycles. The van der Waals surface area contributed by atoms with Crippen molar-refractivity contribution in [3.05, 3.63) is 0 Å². The van der Waals surface area contributed by atoms with Gasteiger partial charge in [-0.1, -0.05) is 0 Å². The van der Waals surface area contributed by atoms with Gasteiger partial charge in [0.2, 0.25) is 0 Å². The highest BCUT2D eigenvalue weighted by molar-refractivity contribution is 7.91. The second-order valence-electron chi connectivity index (χ2n) is 4.70. The second-order valence-corrected chi connectivity index (χ2v) is 6.93. The molecular formula is C12H25NO4S. The van der Waals surface area contributed by atoms with Gasteiger partial charge in [-0.3, -0.25) is 0 Å². The number of methoxy groups -OCH3 is 1. The monoisotopic (exact) mass is 279 g/mol. The molecular weight excluding hydrogens is 254 g/mol. The van der Waals surface area contributed by atoms with Gasteiger partial charge >= 0.3 is 0 Å². The lowest BCUT2D eigenvalue weighted by atomic mass is 10.3. The van der Waals surface area contributed by atoms with Crippen molar-refractivity contribution in [1.82, 2.24) is 5.32 Å². The maximum Gasteiger partial charge on any atom is 0.152 e. The number of hydrogen-bond acceptors (Lipinski definition) is 5. The molecule has 0 spiro atoms. The molecule has 1 N–H and O–H groups in total. The number of unbranched alkanes of at least 4 members (excludes halogenated alkanes) is 1. The first kappa shape index (κ1) is 15.9. The van der Waals surface area contributed by atoms with Crippen molar-refractivity contribution in [3.63, 3.8) is 0 Å². The number of ether oxygens (including phenoxy) is 2. The van der Waals surface area contributed by atoms with Crippen LogP contribution in [0.15, 0.2) is 0 Å². The van der Waals surface area contributed by atoms with E-state index in [2.05, 4.69) is 5.32 Å². The molecule has 1 rings (SSSR count). The van der Waals surface area contributed by atoms with Crippen molar-refractivity contribution >= 4 is 9.84 Å². The van der Waals surface area contributed by atoms with Gasteiger partial charge in [-0.2, -0.15) is 0 Å². The molecule has 108 valence electrons. The average Bonchev–Trinajstić information content (AvgIpc) is 2.80. The number of hydrogen-bond donors (Lipinski definition) is 1. The summed E-state index contributed by atoms with van der Waals surface area (Å²) in [5.74, 6) is 0.475. The van der Waals surface area contributed by atoms with E-state index >= 15 is 0 Å². The van der Waals surface area contributed by atoms with Gasteiger partial charge in [-0.25, -0.2) is 8.42 Å². The van der Waals surface area contributed by atoms with Crippen LogP contribution in [0.2, 0.25) is 0 Å². The Bertz CT molecular complexity index is 299. The van der Waals surface area contributed by atoms with Crippen molar-refractivity contribution in [2.24, 2.45) is 0 Å². The molecule has 0 radical (unpaired) electrons. The molecule has 0 aromatic rings. The molecule has 6 heteroatoms. The maximum atomic E-state index is 11.8. The summed E-state index contributed by atoms with van der Waals surface area (Å²) in [6, 6.07) is 0. The van der Waals surface area contributed by atoms with Crippen molar-refractivity contribution < 1.29 is 17.9 Å². The molecule has 18 heavy (non-hydrogen) atoms. The van der Waals surface area contributed by atoms with Crippen LogP contribution in [0.5, 0.6) is 0 Å². The van der Waals surface area contributed by atoms with Crippen LogP contribution in [0.1, 0.15) is 25.7 Å². The van der Waals surface area contributed by atoms with E-state index < -0.39 is 9.84 Å². The predicted molar refractivity (Wildman–Crippen MR) is 71.6 cm³/mol. The van der Waals surface area contributed by atoms with Crippen LogP contribution in [-0.2, 0) is 19.3 Å². The quantitative estimate of drug-likeness (QED) is 0.593. The van der Waals surface area contributed by atoms with Gasteiger partial charge in [0.25, 0.3) is 0 Å². The molecule has 0 aromatic heterocycles. The first-order valence-electron chi connectivity index (χ1n) is 6.66. The Morgan fingerprint density at radius 1 is 1.33 bits per heavy atom. The summed E-state index contributed by atoms with van der Waals surface area (Å²) in [6.45, 7) is 3.07. The highest BCUT2D eigenvalue weighted by Gasteiger charge is 2.22. The Kier molecular flexibility index (Phi) is 7.81. The summed E-state index contributed by atoms with van der Waals surface area (Å²) in [6.07, 6.45) is 3.42. The Morgan fingerprint density at radius 2 is 2.17 bits per heavy atom. The lowest BCUT2D eigenvalue weighted by molar-refractivity contribution is 0.127. The minimum Gasteiger partial charge on any atom is -0.383 e. The Morgan fingerprint density at radius 3 is 2.83 bits per heavy atom. The summed E-state index contributed by atoms with van der Waals surface area (Å²) < 4.78 is 33.9. The van der Waals surface area contributed by atoms with Crippen LogP contribution in [0.3, 0.4) is 0 Å². The number of rotatable bonds is 10. The van der Waals surface area contributed by atoms with Crippen molar-refractivity contribution in [2.75, 3.05) is 44.9 Å². The van der Waals surface area contributed by atoms with Crippen molar-refractivity contribution in [2.45, 2.75) is 31.8 Å². The highest BCUT2D eigenvalue weighted by atomic mass is 32.2. The fourth-order valence-corrected chi connectivity index (χ4v) is 3.65. The van der Waals surface area contributed by atoms with Gasteiger partial charge in [0.15, 0.2) is 9.84 Å². The van der Waals surface area contributed by atoms with E-state index in [9.17, 15) is 8.42 Å². The van der Waals surface area contributed by atoms with E-state index in [1.165, 1.54) is 0 Å². The van der Waals surface area contributed by atoms with Gasteiger partial charge in [0.05, 0.1) is 24.2 Å². The van der Waals surface area contributed by atoms with Gasteiger partial charge in [-0.05, 0) is 32.2 Å². The van der Waals surface area contributed by atoms with Gasteiger partial charge < -0.3 is 14.8 Å². The average molecular weight is 279 g/mol. The van der Waals surface area contributed by atoms with E-state index in [1.807, 2.05) is 0 Å². The number of nitrogens with one attached hydrogen (secondary N) is 1. The lowest BCUT2D eigenvalue weighted by Gasteiger charge is -2.10. The lowest BCUT2D eigenvalue weighted by Crippen LogP contribution is -2.24. The molecule has 1 unspecified atom stereocenters. The van der Waals surface area contributed by atoms with Crippen LogP contribution in [0.25, 0.3) is 0 Å². The summed E-state index contributed by atoms with van der Waals surface area (Å²) in [5, 5.41) is 3.20. The molecule has 0 saturated carbocycles. The highest BCUT2D eigenvalue weighted by Crippen LogP contribution is 2.14. The normalized spacial score (nSPS) is 20.4. The third-order valence-corrected chi connectivity index (χ3v) is 4.80. The SMILES string of the molecule is COCCNCCCCS(=O)(=O)CC1CCCO1. The van der Waals surface area contributed by atoms with Crippen LogP contribution < -0.4 is 5.32 Å². The first-order valence-corrected chi connectivity index (χ1v) is 8.48. The van der Waals surface area contributed by atoms with Crippen molar-refractivity contribution in [1.29, 1.82) is 0 Å². The Hall–Kier alpha value is -0.170. The third-order valence-electron chi connectivity index (χ3n) is 3.01. The third kappa shape index (κ3) is 7.31. The second kappa shape index (κ2) is 8.85. The zero-order valence-electron chi connectivity index (χ0n) is 11.2. The summed E-state index contributed by atoms with van der Waals surface area (Å²) in [7, 11) is -1.27. The molecule has 1 aliphatic rings. The zero-order valence-corrected chi connectivity index (χ0v) is 12.0.